The Balaban J connectivity index is 1.46. The van der Waals surface area contributed by atoms with Crippen molar-refractivity contribution in [1.82, 2.24) is 14.4 Å². The molecular formula is C30H31N3O5S. The summed E-state index contributed by atoms with van der Waals surface area (Å²) in [7, 11) is -2.12. The van der Waals surface area contributed by atoms with Crippen LogP contribution in [-0.2, 0) is 40.8 Å². The second-order valence-electron chi connectivity index (χ2n) is 10.2. The monoisotopic (exact) mass is 545 g/mol. The Morgan fingerprint density at radius 2 is 1.82 bits per heavy atom. The summed E-state index contributed by atoms with van der Waals surface area (Å²) < 4.78 is 45.9. The van der Waals surface area contributed by atoms with E-state index in [0.29, 0.717) is 37.4 Å². The lowest BCUT2D eigenvalue weighted by Gasteiger charge is -2.34. The van der Waals surface area contributed by atoms with Gasteiger partial charge in [-0.2, -0.15) is 4.31 Å². The molecule has 202 valence electrons. The highest BCUT2D eigenvalue weighted by Gasteiger charge is 2.37. The minimum Gasteiger partial charge on any atom is -0.497 e. The molecular weight excluding hydrogens is 514 g/mol. The van der Waals surface area contributed by atoms with Crippen LogP contribution in [0.5, 0.6) is 5.75 Å². The summed E-state index contributed by atoms with van der Waals surface area (Å²) in [5, 5.41) is 3.87. The van der Waals surface area contributed by atoms with Crippen LogP contribution in [0.1, 0.15) is 51.1 Å². The van der Waals surface area contributed by atoms with E-state index in [9.17, 15) is 8.42 Å². The van der Waals surface area contributed by atoms with E-state index in [1.165, 1.54) is 4.31 Å². The molecule has 2 aliphatic heterocycles. The van der Waals surface area contributed by atoms with Gasteiger partial charge in [0.15, 0.2) is 5.76 Å². The lowest BCUT2D eigenvalue weighted by atomic mass is 9.86. The van der Waals surface area contributed by atoms with E-state index < -0.39 is 10.0 Å². The first-order valence-electron chi connectivity index (χ1n) is 13.1. The summed E-state index contributed by atoms with van der Waals surface area (Å²) in [4.78, 5) is 5.36. The van der Waals surface area contributed by atoms with Crippen LogP contribution in [-0.4, -0.2) is 36.5 Å². The number of fused-ring (bicyclic) bond motifs is 3. The summed E-state index contributed by atoms with van der Waals surface area (Å²) in [6, 6.07) is 16.2. The molecule has 0 unspecified atom stereocenters. The van der Waals surface area contributed by atoms with E-state index >= 15 is 0 Å². The molecule has 0 fully saturated rings. The van der Waals surface area contributed by atoms with Gasteiger partial charge in [-0.05, 0) is 66.8 Å². The van der Waals surface area contributed by atoms with Crippen LogP contribution in [0.2, 0.25) is 0 Å². The minimum absolute atomic E-state index is 0.110. The Morgan fingerprint density at radius 3 is 2.51 bits per heavy atom. The molecule has 0 amide bonds. The molecule has 0 spiro atoms. The van der Waals surface area contributed by atoms with Gasteiger partial charge in [-0.25, -0.2) is 8.42 Å². The Bertz CT molecular complexity index is 1640. The summed E-state index contributed by atoms with van der Waals surface area (Å²) >= 11 is 0. The van der Waals surface area contributed by atoms with Crippen molar-refractivity contribution in [3.63, 3.8) is 0 Å². The summed E-state index contributed by atoms with van der Waals surface area (Å²) in [5.41, 5.74) is 8.56. The van der Waals surface area contributed by atoms with Gasteiger partial charge in [0, 0.05) is 37.2 Å². The van der Waals surface area contributed by atoms with Crippen molar-refractivity contribution in [2.75, 3.05) is 13.7 Å². The molecule has 0 bridgehead atoms. The topological polar surface area (TPSA) is 94.8 Å². The van der Waals surface area contributed by atoms with Gasteiger partial charge >= 0.3 is 0 Å². The average Bonchev–Trinajstić information content (AvgIpc) is 3.30. The van der Waals surface area contributed by atoms with Crippen LogP contribution in [0.15, 0.2) is 57.9 Å². The van der Waals surface area contributed by atoms with Gasteiger partial charge in [0.25, 0.3) is 0 Å². The van der Waals surface area contributed by atoms with Gasteiger partial charge < -0.3 is 14.0 Å². The summed E-state index contributed by atoms with van der Waals surface area (Å²) in [6.45, 7) is 6.32. The second-order valence-corrected chi connectivity index (χ2v) is 12.1. The van der Waals surface area contributed by atoms with E-state index in [4.69, 9.17) is 19.0 Å². The van der Waals surface area contributed by atoms with Crippen LogP contribution in [0.4, 0.5) is 0 Å². The highest BCUT2D eigenvalue weighted by Crippen LogP contribution is 2.41. The molecule has 8 nitrogen and oxygen atoms in total. The van der Waals surface area contributed by atoms with Crippen molar-refractivity contribution in [1.29, 1.82) is 0 Å². The van der Waals surface area contributed by atoms with Crippen LogP contribution >= 0.6 is 0 Å². The molecule has 0 radical (unpaired) electrons. The number of nitrogens with zero attached hydrogens (tertiary/aromatic N) is 3. The van der Waals surface area contributed by atoms with E-state index in [0.717, 1.165) is 50.5 Å². The van der Waals surface area contributed by atoms with Crippen LogP contribution in [0.3, 0.4) is 0 Å². The van der Waals surface area contributed by atoms with Crippen molar-refractivity contribution in [2.45, 2.75) is 57.8 Å². The normalized spacial score (nSPS) is 17.5. The van der Waals surface area contributed by atoms with Crippen molar-refractivity contribution in [3.05, 3.63) is 93.5 Å². The first kappa shape index (κ1) is 25.7. The number of pyridine rings is 1. The molecule has 0 aliphatic carbocycles. The molecule has 0 N–H and O–H groups in total. The molecule has 39 heavy (non-hydrogen) atoms. The molecule has 4 heterocycles. The number of hydrogen-bond donors (Lipinski definition) is 0. The van der Waals surface area contributed by atoms with E-state index in [1.54, 1.807) is 21.0 Å². The van der Waals surface area contributed by atoms with E-state index in [1.807, 2.05) is 30.3 Å². The minimum atomic E-state index is -3.79. The predicted octanol–water partition coefficient (Wildman–Crippen LogP) is 5.23. The number of methoxy groups -OCH3 is 1. The lowest BCUT2D eigenvalue weighted by molar-refractivity contribution is 0.0265. The molecule has 4 aromatic rings. The van der Waals surface area contributed by atoms with Gasteiger partial charge in [-0.3, -0.25) is 4.98 Å². The number of sulfonamides is 1. The van der Waals surface area contributed by atoms with Gasteiger partial charge in [-0.1, -0.05) is 35.5 Å². The number of aromatic nitrogens is 2. The first-order chi connectivity index (χ1) is 18.8. The summed E-state index contributed by atoms with van der Waals surface area (Å²) in [6.07, 6.45) is 1.05. The van der Waals surface area contributed by atoms with Crippen molar-refractivity contribution in [2.24, 2.45) is 0 Å². The highest BCUT2D eigenvalue weighted by atomic mass is 32.2. The fourth-order valence-corrected chi connectivity index (χ4v) is 7.48. The van der Waals surface area contributed by atoms with E-state index in [2.05, 4.69) is 30.3 Å². The molecule has 9 heteroatoms. The van der Waals surface area contributed by atoms with Gasteiger partial charge in [0.2, 0.25) is 10.0 Å². The van der Waals surface area contributed by atoms with Crippen molar-refractivity contribution >= 4 is 10.0 Å². The molecule has 2 aromatic carbocycles. The number of aryl methyl sites for hydroxylation is 3. The average molecular weight is 546 g/mol. The third-order valence-electron chi connectivity index (χ3n) is 7.79. The maximum Gasteiger partial charge on any atom is 0.248 e. The molecule has 2 aromatic heterocycles. The largest absolute Gasteiger partial charge is 0.497 e. The fourth-order valence-electron chi connectivity index (χ4n) is 5.78. The maximum absolute atomic E-state index is 13.7. The van der Waals surface area contributed by atoms with Crippen LogP contribution < -0.4 is 4.74 Å². The molecule has 2 aliphatic rings. The molecule has 1 atom stereocenters. The number of benzene rings is 2. The zero-order valence-corrected chi connectivity index (χ0v) is 23.3. The first-order valence-corrected chi connectivity index (χ1v) is 14.5. The molecule has 0 saturated heterocycles. The smallest absolute Gasteiger partial charge is 0.248 e. The number of rotatable bonds is 5. The van der Waals surface area contributed by atoms with Crippen molar-refractivity contribution in [3.8, 4) is 17.0 Å². The molecule has 6 rings (SSSR count). The van der Waals surface area contributed by atoms with E-state index in [-0.39, 0.29) is 17.5 Å². The number of hydrogen-bond acceptors (Lipinski definition) is 7. The SMILES string of the molecule is COc1ccc(-c2nc3c(c4c2C[C@H](c2ccccc2)OC4)CN(S(=O)(=O)c2c(C)noc2C)CC3)c(C)c1. The lowest BCUT2D eigenvalue weighted by Crippen LogP contribution is -2.38. The molecule has 0 saturated carbocycles. The van der Waals surface area contributed by atoms with Gasteiger partial charge in [0.05, 0.1) is 25.5 Å². The van der Waals surface area contributed by atoms with Gasteiger partial charge in [-0.15, -0.1) is 0 Å². The maximum atomic E-state index is 13.7. The Labute approximate surface area is 228 Å². The zero-order valence-electron chi connectivity index (χ0n) is 22.5. The fraction of sp³-hybridized carbons (Fsp3) is 0.333. The van der Waals surface area contributed by atoms with Crippen LogP contribution in [0.25, 0.3) is 11.3 Å². The van der Waals surface area contributed by atoms with Crippen LogP contribution in [0, 0.1) is 20.8 Å². The summed E-state index contributed by atoms with van der Waals surface area (Å²) in [5.74, 6) is 1.10. The highest BCUT2D eigenvalue weighted by molar-refractivity contribution is 7.89. The quantitative estimate of drug-likeness (QED) is 0.339. The second kappa shape index (κ2) is 9.89. The Kier molecular flexibility index (Phi) is 6.53. The standard InChI is InChI=1S/C30H31N3O5S/c1-18-14-22(36-4)10-11-23(18)29-24-15-28(21-8-6-5-7-9-21)37-17-26(24)25-16-33(13-12-27(25)31-29)39(34,35)30-19(2)32-38-20(30)3/h5-11,14,28H,12-13,15-17H2,1-4H3/t28-/m1/s1. The Hall–Kier alpha value is -3.53. The van der Waals surface area contributed by atoms with Gasteiger partial charge in [0.1, 0.15) is 16.3 Å². The Morgan fingerprint density at radius 1 is 1.03 bits per heavy atom. The third-order valence-corrected chi connectivity index (χ3v) is 9.88. The zero-order chi connectivity index (χ0) is 27.3. The predicted molar refractivity (Wildman–Crippen MR) is 146 cm³/mol. The number of ether oxygens (including phenoxy) is 2. The third kappa shape index (κ3) is 4.44. The van der Waals surface area contributed by atoms with Crippen molar-refractivity contribution < 1.29 is 22.4 Å².